The van der Waals surface area contributed by atoms with Crippen molar-refractivity contribution in [1.29, 1.82) is 0 Å². The highest BCUT2D eigenvalue weighted by Gasteiger charge is 2.31. The van der Waals surface area contributed by atoms with Crippen molar-refractivity contribution in [3.05, 3.63) is 69.3 Å². The number of ether oxygens (including phenoxy) is 6. The summed E-state index contributed by atoms with van der Waals surface area (Å²) in [5.74, 6) is 2.76. The zero-order valence-corrected chi connectivity index (χ0v) is 23.3. The van der Waals surface area contributed by atoms with Gasteiger partial charge in [0, 0.05) is 36.5 Å². The Kier molecular flexibility index (Phi) is 6.89. The normalized spacial score (nSPS) is 14.7. The number of nitrogens with one attached hydrogen (secondary N) is 1. The summed E-state index contributed by atoms with van der Waals surface area (Å²) in [5, 5.41) is 2.79. The smallest absolute Gasteiger partial charge is 0.262 e. The van der Waals surface area contributed by atoms with E-state index < -0.39 is 0 Å². The fourth-order valence-electron chi connectivity index (χ4n) is 4.81. The summed E-state index contributed by atoms with van der Waals surface area (Å²) in [6.45, 7) is 0.639. The molecule has 0 atom stereocenters. The van der Waals surface area contributed by atoms with Gasteiger partial charge >= 0.3 is 0 Å². The van der Waals surface area contributed by atoms with Gasteiger partial charge in [0.05, 0.1) is 17.3 Å². The summed E-state index contributed by atoms with van der Waals surface area (Å²) >= 11 is 3.66. The van der Waals surface area contributed by atoms with Crippen LogP contribution in [0.15, 0.2) is 52.6 Å². The lowest BCUT2D eigenvalue weighted by molar-refractivity contribution is -0.118. The van der Waals surface area contributed by atoms with E-state index in [0.29, 0.717) is 64.4 Å². The van der Waals surface area contributed by atoms with E-state index in [1.54, 1.807) is 49.6 Å². The molecule has 0 fully saturated rings. The van der Waals surface area contributed by atoms with Crippen molar-refractivity contribution in [2.24, 2.45) is 0 Å². The molecule has 0 unspecified atom stereocenters. The van der Waals surface area contributed by atoms with Crippen LogP contribution < -0.4 is 33.7 Å². The molecule has 6 rings (SSSR count). The van der Waals surface area contributed by atoms with Crippen LogP contribution in [0.3, 0.4) is 0 Å². The molecular weight excluding hydrogens is 584 g/mol. The second-order valence-electron chi connectivity index (χ2n) is 9.27. The minimum absolute atomic E-state index is 0.100. The lowest BCUT2D eigenvalue weighted by atomic mass is 10.0. The van der Waals surface area contributed by atoms with Gasteiger partial charge in [-0.1, -0.05) is 12.1 Å². The average Bonchev–Trinajstić information content (AvgIpc) is 3.60. The zero-order valence-electron chi connectivity index (χ0n) is 21.7. The highest BCUT2D eigenvalue weighted by molar-refractivity contribution is 9.10. The summed E-state index contributed by atoms with van der Waals surface area (Å²) in [6, 6.07) is 11.9. The minimum atomic E-state index is -0.368. The maximum atomic E-state index is 13.8. The predicted molar refractivity (Wildman–Crippen MR) is 149 cm³/mol. The molecule has 3 aliphatic heterocycles. The van der Waals surface area contributed by atoms with Crippen molar-refractivity contribution >= 4 is 39.4 Å². The maximum Gasteiger partial charge on any atom is 0.262 e. The van der Waals surface area contributed by atoms with Crippen LogP contribution in [0, 0.1) is 0 Å². The highest BCUT2D eigenvalue weighted by Crippen LogP contribution is 2.51. The molecule has 206 valence electrons. The summed E-state index contributed by atoms with van der Waals surface area (Å²) < 4.78 is 34.0. The van der Waals surface area contributed by atoms with Crippen LogP contribution in [0.1, 0.15) is 21.5 Å². The number of halogens is 1. The van der Waals surface area contributed by atoms with Crippen molar-refractivity contribution in [2.45, 2.75) is 6.42 Å². The highest BCUT2D eigenvalue weighted by atomic mass is 79.9. The maximum absolute atomic E-state index is 13.8. The zero-order chi connectivity index (χ0) is 27.8. The Labute approximate surface area is 238 Å². The van der Waals surface area contributed by atoms with E-state index in [1.165, 1.54) is 0 Å². The summed E-state index contributed by atoms with van der Waals surface area (Å²) in [6.07, 6.45) is 2.48. The number of allylic oxidation sites excluding steroid dienone is 1. The van der Waals surface area contributed by atoms with E-state index in [2.05, 4.69) is 21.2 Å². The lowest BCUT2D eigenvalue weighted by Crippen LogP contribution is -2.25. The van der Waals surface area contributed by atoms with E-state index in [0.717, 1.165) is 15.6 Å². The van der Waals surface area contributed by atoms with Gasteiger partial charge < -0.3 is 38.6 Å². The fraction of sp³-hybridized carbons (Fsp3) is 0.241. The van der Waals surface area contributed by atoms with Gasteiger partial charge in [0.25, 0.3) is 5.91 Å². The molecule has 10 nitrogen and oxygen atoms in total. The minimum Gasteiger partial charge on any atom is -0.492 e. The number of methoxy groups -OCH3 is 1. The topological polar surface area (TPSA) is 105 Å². The SMILES string of the molecule is COc1c2c(c(Br)c3c1OCO3)CCN(C)C(C(=O)c1cccc(NC(=O)COc3ccc4c(c3)OCO4)c1)=C2. The van der Waals surface area contributed by atoms with Gasteiger partial charge in [-0.05, 0) is 58.3 Å². The number of nitrogens with zero attached hydrogens (tertiary/aromatic N) is 1. The molecular formula is C29H25BrN2O8. The van der Waals surface area contributed by atoms with Crippen LogP contribution in [0.5, 0.6) is 34.5 Å². The molecule has 3 aromatic rings. The number of ketones is 1. The van der Waals surface area contributed by atoms with E-state index in [4.69, 9.17) is 28.4 Å². The Balaban J connectivity index is 1.21. The summed E-state index contributed by atoms with van der Waals surface area (Å²) in [5.41, 5.74) is 3.12. The number of anilines is 1. The van der Waals surface area contributed by atoms with Crippen molar-refractivity contribution < 1.29 is 38.0 Å². The Bertz CT molecular complexity index is 1550. The first-order valence-corrected chi connectivity index (χ1v) is 13.3. The molecule has 3 heterocycles. The average molecular weight is 609 g/mol. The van der Waals surface area contributed by atoms with E-state index in [-0.39, 0.29) is 31.9 Å². The van der Waals surface area contributed by atoms with Gasteiger partial charge in [0.1, 0.15) is 5.75 Å². The Morgan fingerprint density at radius 1 is 1.02 bits per heavy atom. The van der Waals surface area contributed by atoms with Crippen LogP contribution >= 0.6 is 15.9 Å². The van der Waals surface area contributed by atoms with Crippen LogP contribution in [0.4, 0.5) is 5.69 Å². The standard InChI is InChI=1S/C29H25BrN2O8/c1-32-9-8-19-20(27(35-2)29-28(25(19)30)39-15-40-29)12-21(32)26(34)16-4-3-5-17(10-16)31-24(33)13-36-18-6-7-22-23(11-18)38-14-37-22/h3-7,10-12H,8-9,13-15H2,1-2H3,(H,31,33). The first-order valence-electron chi connectivity index (χ1n) is 12.5. The number of Topliss-reactive ketones (excluding diaryl/α,β-unsaturated/α-hetero) is 1. The molecule has 0 aliphatic carbocycles. The van der Waals surface area contributed by atoms with Gasteiger partial charge in [-0.2, -0.15) is 0 Å². The lowest BCUT2D eigenvalue weighted by Gasteiger charge is -2.20. The first-order chi connectivity index (χ1) is 19.4. The molecule has 3 aromatic carbocycles. The third-order valence-electron chi connectivity index (χ3n) is 6.80. The van der Waals surface area contributed by atoms with E-state index >= 15 is 0 Å². The predicted octanol–water partition coefficient (Wildman–Crippen LogP) is 4.64. The summed E-state index contributed by atoms with van der Waals surface area (Å²) in [7, 11) is 3.44. The molecule has 0 saturated carbocycles. The molecule has 1 N–H and O–H groups in total. The number of fused-ring (bicyclic) bond motifs is 3. The quantitative estimate of drug-likeness (QED) is 0.384. The fourth-order valence-corrected chi connectivity index (χ4v) is 5.52. The molecule has 40 heavy (non-hydrogen) atoms. The van der Waals surface area contributed by atoms with Crippen molar-refractivity contribution in [2.75, 3.05) is 46.2 Å². The Morgan fingerprint density at radius 2 is 1.82 bits per heavy atom. The first kappa shape index (κ1) is 25.9. The third kappa shape index (κ3) is 4.77. The van der Waals surface area contributed by atoms with E-state index in [1.807, 2.05) is 18.0 Å². The Morgan fingerprint density at radius 3 is 2.67 bits per heavy atom. The molecule has 3 aliphatic rings. The van der Waals surface area contributed by atoms with Crippen molar-refractivity contribution in [3.8, 4) is 34.5 Å². The van der Waals surface area contributed by atoms with Gasteiger partial charge in [0.2, 0.25) is 25.1 Å². The molecule has 11 heteroatoms. The third-order valence-corrected chi connectivity index (χ3v) is 7.64. The number of benzene rings is 3. The van der Waals surface area contributed by atoms with E-state index in [9.17, 15) is 9.59 Å². The molecule has 0 bridgehead atoms. The number of amides is 1. The molecule has 0 radical (unpaired) electrons. The van der Waals surface area contributed by atoms with Crippen LogP contribution in [0.2, 0.25) is 0 Å². The molecule has 0 spiro atoms. The number of hydrogen-bond donors (Lipinski definition) is 1. The second kappa shape index (κ2) is 10.6. The second-order valence-corrected chi connectivity index (χ2v) is 10.1. The van der Waals surface area contributed by atoms with Gasteiger partial charge in [0.15, 0.2) is 29.6 Å². The van der Waals surface area contributed by atoms with Gasteiger partial charge in [-0.15, -0.1) is 0 Å². The molecule has 1 amide bonds. The van der Waals surface area contributed by atoms with Gasteiger partial charge in [-0.25, -0.2) is 0 Å². The number of rotatable bonds is 7. The summed E-state index contributed by atoms with van der Waals surface area (Å²) in [4.78, 5) is 28.3. The van der Waals surface area contributed by atoms with Crippen molar-refractivity contribution in [3.63, 3.8) is 0 Å². The van der Waals surface area contributed by atoms with Crippen LogP contribution in [-0.2, 0) is 11.2 Å². The molecule has 0 aromatic heterocycles. The van der Waals surface area contributed by atoms with Crippen LogP contribution in [0.25, 0.3) is 6.08 Å². The Hall–Kier alpha value is -4.38. The number of likely N-dealkylation sites (N-methyl/N-ethyl adjacent to an activating group) is 1. The number of carbonyl (C=O) groups excluding carboxylic acids is 2. The number of carbonyl (C=O) groups is 2. The van der Waals surface area contributed by atoms with Crippen molar-refractivity contribution in [1.82, 2.24) is 4.90 Å². The monoisotopic (exact) mass is 608 g/mol. The van der Waals surface area contributed by atoms with Crippen LogP contribution in [-0.4, -0.2) is 57.5 Å². The largest absolute Gasteiger partial charge is 0.492 e. The van der Waals surface area contributed by atoms with Gasteiger partial charge in [-0.3, -0.25) is 9.59 Å². The molecule has 0 saturated heterocycles. The number of hydrogen-bond acceptors (Lipinski definition) is 9.